The predicted molar refractivity (Wildman–Crippen MR) is 108 cm³/mol. The number of aryl methyl sites for hydroxylation is 1. The Kier molecular flexibility index (Phi) is 5.16. The summed E-state index contributed by atoms with van der Waals surface area (Å²) in [6, 6.07) is 6.61. The van der Waals surface area contributed by atoms with Crippen molar-refractivity contribution in [3.05, 3.63) is 48.8 Å². The number of ether oxygens (including phenoxy) is 1. The number of likely N-dealkylation sites (N-methyl/N-ethyl adjacent to an activating group) is 1. The molecule has 9 nitrogen and oxygen atoms in total. The van der Waals surface area contributed by atoms with Gasteiger partial charge in [-0.3, -0.25) is 4.68 Å². The lowest BCUT2D eigenvalue weighted by Crippen LogP contribution is -2.60. The third-order valence-corrected chi connectivity index (χ3v) is 7.03. The molecule has 30 heavy (non-hydrogen) atoms. The summed E-state index contributed by atoms with van der Waals surface area (Å²) in [4.78, 5) is 9.97. The van der Waals surface area contributed by atoms with E-state index in [9.17, 15) is 8.42 Å². The van der Waals surface area contributed by atoms with E-state index in [1.54, 1.807) is 43.3 Å². The normalized spacial score (nSPS) is 14.8. The maximum atomic E-state index is 15.1. The minimum absolute atomic E-state index is 0.126. The molecule has 0 radical (unpaired) electrons. The number of hydrogen-bond donors (Lipinski definition) is 0. The molecule has 0 amide bonds. The largest absolute Gasteiger partial charge is 0.497 e. The van der Waals surface area contributed by atoms with Gasteiger partial charge in [0.1, 0.15) is 22.7 Å². The second-order valence-corrected chi connectivity index (χ2v) is 9.02. The van der Waals surface area contributed by atoms with E-state index in [2.05, 4.69) is 15.1 Å². The minimum atomic E-state index is -3.67. The second-order valence-electron chi connectivity index (χ2n) is 7.02. The molecule has 158 valence electrons. The van der Waals surface area contributed by atoms with Crippen molar-refractivity contribution >= 4 is 15.8 Å². The van der Waals surface area contributed by atoms with Gasteiger partial charge in [-0.2, -0.15) is 9.40 Å². The molecule has 0 saturated carbocycles. The minimum Gasteiger partial charge on any atom is -0.497 e. The zero-order chi connectivity index (χ0) is 21.5. The highest BCUT2D eigenvalue weighted by Gasteiger charge is 2.39. The number of halogens is 1. The molecule has 3 aromatic rings. The van der Waals surface area contributed by atoms with Gasteiger partial charge in [0.05, 0.1) is 19.3 Å². The zero-order valence-corrected chi connectivity index (χ0v) is 17.5. The van der Waals surface area contributed by atoms with Crippen molar-refractivity contribution in [3.63, 3.8) is 0 Å². The van der Waals surface area contributed by atoms with Gasteiger partial charge in [0, 0.05) is 38.9 Å². The standard InChI is InChI=1S/C19H21FN6O3S/c1-24-11-16(8-23-24)30(27,28)25(2)14-9-26(10-14)19-17(20)18(21-12-22-19)13-4-6-15(29-3)7-5-13/h4-8,11-12,14H,9-10H2,1-3H3. The summed E-state index contributed by atoms with van der Waals surface area (Å²) in [5.74, 6) is 0.273. The van der Waals surface area contributed by atoms with Crippen LogP contribution in [0, 0.1) is 5.82 Å². The van der Waals surface area contributed by atoms with Crippen LogP contribution in [0.5, 0.6) is 5.75 Å². The van der Waals surface area contributed by atoms with Crippen LogP contribution < -0.4 is 9.64 Å². The van der Waals surface area contributed by atoms with Gasteiger partial charge in [0.2, 0.25) is 10.0 Å². The van der Waals surface area contributed by atoms with Gasteiger partial charge in [-0.15, -0.1) is 0 Å². The van der Waals surface area contributed by atoms with Crippen molar-refractivity contribution in [1.82, 2.24) is 24.1 Å². The first-order valence-electron chi connectivity index (χ1n) is 9.18. The summed E-state index contributed by atoms with van der Waals surface area (Å²) < 4.78 is 48.4. The topological polar surface area (TPSA) is 93.5 Å². The van der Waals surface area contributed by atoms with E-state index in [1.807, 2.05) is 0 Å². The van der Waals surface area contributed by atoms with Crippen molar-refractivity contribution in [1.29, 1.82) is 0 Å². The Labute approximate surface area is 173 Å². The monoisotopic (exact) mass is 432 g/mol. The molecule has 1 saturated heterocycles. The summed E-state index contributed by atoms with van der Waals surface area (Å²) in [6.07, 6.45) is 4.07. The van der Waals surface area contributed by atoms with E-state index in [0.29, 0.717) is 24.4 Å². The van der Waals surface area contributed by atoms with Gasteiger partial charge in [0.25, 0.3) is 0 Å². The van der Waals surface area contributed by atoms with Crippen molar-refractivity contribution in [3.8, 4) is 17.0 Å². The van der Waals surface area contributed by atoms with Crippen LogP contribution in [0.2, 0.25) is 0 Å². The van der Waals surface area contributed by atoms with Crippen molar-refractivity contribution in [2.75, 3.05) is 32.1 Å². The molecule has 0 unspecified atom stereocenters. The smallest absolute Gasteiger partial charge is 0.246 e. The molecular formula is C19H21FN6O3S. The fourth-order valence-corrected chi connectivity index (χ4v) is 4.61. The molecule has 1 fully saturated rings. The second kappa shape index (κ2) is 7.65. The van der Waals surface area contributed by atoms with Gasteiger partial charge in [0.15, 0.2) is 11.6 Å². The van der Waals surface area contributed by atoms with Crippen LogP contribution in [0.1, 0.15) is 0 Å². The highest BCUT2D eigenvalue weighted by Crippen LogP contribution is 2.31. The molecule has 11 heteroatoms. The molecule has 2 aromatic heterocycles. The Morgan fingerprint density at radius 1 is 1.20 bits per heavy atom. The number of nitrogens with zero attached hydrogens (tertiary/aromatic N) is 6. The van der Waals surface area contributed by atoms with Gasteiger partial charge in [-0.25, -0.2) is 22.8 Å². The lowest BCUT2D eigenvalue weighted by Gasteiger charge is -2.43. The Balaban J connectivity index is 1.51. The van der Waals surface area contributed by atoms with Gasteiger partial charge in [-0.1, -0.05) is 0 Å². The Morgan fingerprint density at radius 2 is 1.90 bits per heavy atom. The average molecular weight is 432 g/mol. The Hall–Kier alpha value is -3.05. The molecule has 0 aliphatic carbocycles. The summed E-state index contributed by atoms with van der Waals surface area (Å²) in [7, 11) is 1.07. The number of hydrogen-bond acceptors (Lipinski definition) is 7. The fraction of sp³-hybridized carbons (Fsp3) is 0.316. The summed E-state index contributed by atoms with van der Waals surface area (Å²) >= 11 is 0. The molecule has 0 atom stereocenters. The SMILES string of the molecule is COc1ccc(-c2ncnc(N3CC(N(C)S(=O)(=O)c4cnn(C)c4)C3)c2F)cc1. The number of rotatable bonds is 6. The van der Waals surface area contributed by atoms with E-state index in [-0.39, 0.29) is 22.4 Å². The Bertz CT molecular complexity index is 1160. The highest BCUT2D eigenvalue weighted by atomic mass is 32.2. The first-order valence-corrected chi connectivity index (χ1v) is 10.6. The van der Waals surface area contributed by atoms with Crippen LogP contribution in [0.4, 0.5) is 10.2 Å². The molecule has 1 aromatic carbocycles. The molecule has 4 rings (SSSR count). The van der Waals surface area contributed by atoms with E-state index >= 15 is 4.39 Å². The molecular weight excluding hydrogens is 411 g/mol. The molecule has 1 aliphatic rings. The first-order chi connectivity index (χ1) is 14.3. The van der Waals surface area contributed by atoms with Crippen molar-refractivity contribution in [2.45, 2.75) is 10.9 Å². The van der Waals surface area contributed by atoms with E-state index in [4.69, 9.17) is 4.74 Å². The molecule has 3 heterocycles. The van der Waals surface area contributed by atoms with Crippen LogP contribution in [0.15, 0.2) is 47.9 Å². The fourth-order valence-electron chi connectivity index (χ4n) is 3.28. The number of anilines is 1. The maximum Gasteiger partial charge on any atom is 0.246 e. The van der Waals surface area contributed by atoms with Crippen LogP contribution in [-0.4, -0.2) is 65.8 Å². The lowest BCUT2D eigenvalue weighted by atomic mass is 10.1. The van der Waals surface area contributed by atoms with Crippen molar-refractivity contribution in [2.24, 2.45) is 7.05 Å². The Morgan fingerprint density at radius 3 is 2.50 bits per heavy atom. The molecule has 0 bridgehead atoms. The molecule has 0 spiro atoms. The predicted octanol–water partition coefficient (Wildman–Crippen LogP) is 1.53. The molecule has 1 aliphatic heterocycles. The van der Waals surface area contributed by atoms with Crippen LogP contribution in [-0.2, 0) is 17.1 Å². The third kappa shape index (κ3) is 3.50. The average Bonchev–Trinajstić information content (AvgIpc) is 3.15. The molecule has 0 N–H and O–H groups in total. The van der Waals surface area contributed by atoms with Gasteiger partial charge in [-0.05, 0) is 24.3 Å². The lowest BCUT2D eigenvalue weighted by molar-refractivity contribution is 0.307. The summed E-state index contributed by atoms with van der Waals surface area (Å²) in [5, 5.41) is 3.92. The van der Waals surface area contributed by atoms with Crippen LogP contribution in [0.3, 0.4) is 0 Å². The first kappa shape index (κ1) is 20.2. The van der Waals surface area contributed by atoms with E-state index in [1.165, 1.54) is 34.8 Å². The quantitative estimate of drug-likeness (QED) is 0.583. The van der Waals surface area contributed by atoms with Gasteiger partial charge >= 0.3 is 0 Å². The third-order valence-electron chi connectivity index (χ3n) is 5.17. The highest BCUT2D eigenvalue weighted by molar-refractivity contribution is 7.89. The number of aromatic nitrogens is 4. The zero-order valence-electron chi connectivity index (χ0n) is 16.7. The van der Waals surface area contributed by atoms with E-state index < -0.39 is 15.8 Å². The number of methoxy groups -OCH3 is 1. The maximum absolute atomic E-state index is 15.1. The van der Waals surface area contributed by atoms with Crippen LogP contribution in [0.25, 0.3) is 11.3 Å². The summed E-state index contributed by atoms with van der Waals surface area (Å²) in [6.45, 7) is 0.651. The van der Waals surface area contributed by atoms with Crippen molar-refractivity contribution < 1.29 is 17.5 Å². The van der Waals surface area contributed by atoms with Crippen LogP contribution >= 0.6 is 0 Å². The van der Waals surface area contributed by atoms with Gasteiger partial charge < -0.3 is 9.64 Å². The number of sulfonamides is 1. The summed E-state index contributed by atoms with van der Waals surface area (Å²) in [5.41, 5.74) is 0.785. The van der Waals surface area contributed by atoms with E-state index in [0.717, 1.165) is 0 Å². The number of benzene rings is 1.